The molecule has 0 aliphatic carbocycles. The Labute approximate surface area is 124 Å². The largest absolute Gasteiger partial charge is 0.356 e. The second-order valence-corrected chi connectivity index (χ2v) is 6.23. The average molecular weight is 320 g/mol. The summed E-state index contributed by atoms with van der Waals surface area (Å²) in [5, 5.41) is 7.51. The van der Waals surface area contributed by atoms with Gasteiger partial charge in [-0.2, -0.15) is 0 Å². The molecule has 0 spiro atoms. The molecule has 0 aliphatic rings. The van der Waals surface area contributed by atoms with Crippen LogP contribution in [0.3, 0.4) is 0 Å². The number of benzene rings is 1. The number of rotatable bonds is 6. The Bertz CT molecular complexity index is 657. The average Bonchev–Trinajstić information content (AvgIpc) is 2.79. The molecular formula is C12H18ClN3O3S. The molecule has 2 rings (SSSR count). The molecule has 0 bridgehead atoms. The lowest BCUT2D eigenvalue weighted by Crippen LogP contribution is -2.37. The Kier molecular flexibility index (Phi) is 5.94. The number of halogens is 1. The molecule has 2 N–H and O–H groups in total. The van der Waals surface area contributed by atoms with E-state index in [1.165, 1.54) is 0 Å². The molecule has 0 aliphatic heterocycles. The molecular weight excluding hydrogens is 302 g/mol. The molecule has 1 aromatic heterocycles. The van der Waals surface area contributed by atoms with Gasteiger partial charge in [0.1, 0.15) is 11.4 Å². The number of sulfonamides is 1. The van der Waals surface area contributed by atoms with Gasteiger partial charge in [0.15, 0.2) is 5.58 Å². The predicted octanol–water partition coefficient (Wildman–Crippen LogP) is 1.28. The molecule has 8 heteroatoms. The zero-order valence-corrected chi connectivity index (χ0v) is 12.9. The van der Waals surface area contributed by atoms with Crippen LogP contribution in [0, 0.1) is 0 Å². The normalized spacial score (nSPS) is 13.1. The van der Waals surface area contributed by atoms with Crippen LogP contribution < -0.4 is 10.0 Å². The van der Waals surface area contributed by atoms with E-state index in [0.29, 0.717) is 17.8 Å². The summed E-state index contributed by atoms with van der Waals surface area (Å²) < 4.78 is 31.5. The molecule has 1 heterocycles. The van der Waals surface area contributed by atoms with Crippen molar-refractivity contribution in [3.63, 3.8) is 0 Å². The highest BCUT2D eigenvalue weighted by molar-refractivity contribution is 7.88. The Morgan fingerprint density at radius 3 is 2.75 bits per heavy atom. The van der Waals surface area contributed by atoms with Crippen molar-refractivity contribution in [3.05, 3.63) is 30.0 Å². The fourth-order valence-electron chi connectivity index (χ4n) is 1.63. The minimum Gasteiger partial charge on any atom is -0.356 e. The van der Waals surface area contributed by atoms with Crippen LogP contribution in [0.15, 0.2) is 28.8 Å². The first-order valence-electron chi connectivity index (χ1n) is 6.00. The number of likely N-dealkylation sites (N-methyl/N-ethyl adjacent to an activating group) is 1. The first kappa shape index (κ1) is 16.9. The molecule has 20 heavy (non-hydrogen) atoms. The summed E-state index contributed by atoms with van der Waals surface area (Å²) in [6.07, 6.45) is 0. The van der Waals surface area contributed by atoms with E-state index >= 15 is 0 Å². The van der Waals surface area contributed by atoms with Crippen LogP contribution in [-0.2, 0) is 15.8 Å². The van der Waals surface area contributed by atoms with Crippen LogP contribution >= 0.6 is 12.4 Å². The third-order valence-electron chi connectivity index (χ3n) is 2.88. The molecule has 6 nitrogen and oxygen atoms in total. The maximum absolute atomic E-state index is 11.9. The van der Waals surface area contributed by atoms with Crippen LogP contribution in [0.25, 0.3) is 11.0 Å². The van der Waals surface area contributed by atoms with Crippen molar-refractivity contribution in [2.24, 2.45) is 0 Å². The highest BCUT2D eigenvalue weighted by atomic mass is 35.5. The molecule has 2 aromatic rings. The number of fused-ring (bicyclic) bond motifs is 1. The number of aromatic nitrogens is 1. The lowest BCUT2D eigenvalue weighted by molar-refractivity contribution is 0.448. The first-order chi connectivity index (χ1) is 9.02. The van der Waals surface area contributed by atoms with E-state index in [1.54, 1.807) is 19.2 Å². The molecule has 0 saturated carbocycles. The fraction of sp³-hybridized carbons (Fsp3) is 0.417. The third-order valence-corrected chi connectivity index (χ3v) is 4.14. The number of nitrogens with zero attached hydrogens (tertiary/aromatic N) is 1. The van der Waals surface area contributed by atoms with E-state index in [4.69, 9.17) is 4.52 Å². The van der Waals surface area contributed by atoms with E-state index < -0.39 is 10.0 Å². The number of nitrogens with one attached hydrogen (secondary N) is 2. The van der Waals surface area contributed by atoms with E-state index in [-0.39, 0.29) is 24.2 Å². The Morgan fingerprint density at radius 1 is 1.35 bits per heavy atom. The Morgan fingerprint density at radius 2 is 2.05 bits per heavy atom. The van der Waals surface area contributed by atoms with E-state index in [2.05, 4.69) is 15.2 Å². The van der Waals surface area contributed by atoms with Gasteiger partial charge in [0.2, 0.25) is 10.0 Å². The van der Waals surface area contributed by atoms with Gasteiger partial charge < -0.3 is 9.84 Å². The molecule has 112 valence electrons. The highest BCUT2D eigenvalue weighted by Gasteiger charge is 2.17. The summed E-state index contributed by atoms with van der Waals surface area (Å²) in [4.78, 5) is 0. The van der Waals surface area contributed by atoms with Crippen molar-refractivity contribution in [1.29, 1.82) is 0 Å². The second-order valence-electron chi connectivity index (χ2n) is 4.42. The summed E-state index contributed by atoms with van der Waals surface area (Å²) in [7, 11) is -1.63. The van der Waals surface area contributed by atoms with Crippen LogP contribution in [0.4, 0.5) is 0 Å². The van der Waals surface area contributed by atoms with Gasteiger partial charge in [0.05, 0.1) is 0 Å². The van der Waals surface area contributed by atoms with Crippen LogP contribution in [0.1, 0.15) is 12.6 Å². The van der Waals surface area contributed by atoms with Gasteiger partial charge in [0.25, 0.3) is 0 Å². The third kappa shape index (κ3) is 4.17. The van der Waals surface area contributed by atoms with Gasteiger partial charge in [-0.1, -0.05) is 17.3 Å². The molecule has 1 aromatic carbocycles. The SMILES string of the molecule is CNC(C)CNS(=O)(=O)Cc1noc2ccccc12.Cl. The fourth-order valence-corrected chi connectivity index (χ4v) is 2.80. The van der Waals surface area contributed by atoms with Crippen LogP contribution in [-0.4, -0.2) is 33.2 Å². The van der Waals surface area contributed by atoms with Crippen molar-refractivity contribution in [2.75, 3.05) is 13.6 Å². The van der Waals surface area contributed by atoms with Crippen molar-refractivity contribution >= 4 is 33.4 Å². The molecule has 1 unspecified atom stereocenters. The van der Waals surface area contributed by atoms with Crippen molar-refractivity contribution in [2.45, 2.75) is 18.7 Å². The second kappa shape index (κ2) is 7.03. The molecule has 0 amide bonds. The predicted molar refractivity (Wildman–Crippen MR) is 80.4 cm³/mol. The standard InChI is InChI=1S/C12H17N3O3S.ClH/c1-9(13-2)7-14-19(16,17)8-11-10-5-3-4-6-12(10)18-15-11;/h3-6,9,13-14H,7-8H2,1-2H3;1H. The highest BCUT2D eigenvalue weighted by Crippen LogP contribution is 2.19. The lowest BCUT2D eigenvalue weighted by Gasteiger charge is -2.11. The maximum atomic E-state index is 11.9. The number of hydrogen-bond donors (Lipinski definition) is 2. The summed E-state index contributed by atoms with van der Waals surface area (Å²) in [5.41, 5.74) is 1.02. The molecule has 0 fully saturated rings. The summed E-state index contributed by atoms with van der Waals surface area (Å²) in [6.45, 7) is 2.24. The van der Waals surface area contributed by atoms with Crippen molar-refractivity contribution in [1.82, 2.24) is 15.2 Å². The summed E-state index contributed by atoms with van der Waals surface area (Å²) in [5.74, 6) is -0.180. The number of para-hydroxylation sites is 1. The monoisotopic (exact) mass is 319 g/mol. The smallest absolute Gasteiger partial charge is 0.217 e. The Hall–Kier alpha value is -1.15. The van der Waals surface area contributed by atoms with Crippen molar-refractivity contribution in [3.8, 4) is 0 Å². The van der Waals surface area contributed by atoms with Gasteiger partial charge in [-0.25, -0.2) is 13.1 Å². The minimum atomic E-state index is -3.41. The van der Waals surface area contributed by atoms with Crippen molar-refractivity contribution < 1.29 is 12.9 Å². The minimum absolute atomic E-state index is 0. The molecule has 0 saturated heterocycles. The summed E-state index contributed by atoms with van der Waals surface area (Å²) >= 11 is 0. The maximum Gasteiger partial charge on any atom is 0.217 e. The van der Waals surface area contributed by atoms with Gasteiger partial charge >= 0.3 is 0 Å². The van der Waals surface area contributed by atoms with Gasteiger partial charge in [-0.3, -0.25) is 0 Å². The van der Waals surface area contributed by atoms with Crippen LogP contribution in [0.5, 0.6) is 0 Å². The van der Waals surface area contributed by atoms with E-state index in [0.717, 1.165) is 5.39 Å². The zero-order valence-electron chi connectivity index (χ0n) is 11.3. The summed E-state index contributed by atoms with van der Waals surface area (Å²) in [6, 6.07) is 7.27. The Balaban J connectivity index is 0.00000200. The topological polar surface area (TPSA) is 84.2 Å². The van der Waals surface area contributed by atoms with E-state index in [9.17, 15) is 8.42 Å². The molecule has 0 radical (unpaired) electrons. The van der Waals surface area contributed by atoms with Gasteiger partial charge in [-0.05, 0) is 26.1 Å². The first-order valence-corrected chi connectivity index (χ1v) is 7.65. The van der Waals surface area contributed by atoms with Gasteiger partial charge in [0, 0.05) is 18.0 Å². The lowest BCUT2D eigenvalue weighted by atomic mass is 10.2. The van der Waals surface area contributed by atoms with Gasteiger partial charge in [-0.15, -0.1) is 12.4 Å². The molecule has 1 atom stereocenters. The zero-order chi connectivity index (χ0) is 13.9. The quantitative estimate of drug-likeness (QED) is 0.838. The van der Waals surface area contributed by atoms with Crippen LogP contribution in [0.2, 0.25) is 0 Å². The number of hydrogen-bond acceptors (Lipinski definition) is 5. The van der Waals surface area contributed by atoms with E-state index in [1.807, 2.05) is 19.1 Å².